The largest absolute Gasteiger partial charge is 0.373 e. The lowest BCUT2D eigenvalue weighted by Gasteiger charge is -2.12. The molecule has 0 spiro atoms. The van der Waals surface area contributed by atoms with Crippen molar-refractivity contribution in [3.8, 4) is 0 Å². The fraction of sp³-hybridized carbons (Fsp3) is 0.500. The molecule has 2 heterocycles. The van der Waals surface area contributed by atoms with Gasteiger partial charge >= 0.3 is 6.85 Å². The Morgan fingerprint density at radius 1 is 1.35 bits per heavy atom. The quantitative estimate of drug-likeness (QED) is 0.151. The number of hydrogen-bond donors (Lipinski definition) is 2. The number of amides is 1. The van der Waals surface area contributed by atoms with E-state index < -0.39 is 24.7 Å². The number of likely N-dealkylation sites (N-methyl/N-ethyl adjacent to an activating group) is 1. The first-order valence-electron chi connectivity index (χ1n) is 11.0. The fourth-order valence-electron chi connectivity index (χ4n) is 3.68. The van der Waals surface area contributed by atoms with E-state index in [2.05, 4.69) is 39.2 Å². The van der Waals surface area contributed by atoms with Crippen molar-refractivity contribution in [3.63, 3.8) is 0 Å². The first-order chi connectivity index (χ1) is 16.3. The van der Waals surface area contributed by atoms with Crippen LogP contribution in [0.15, 0.2) is 39.4 Å². The maximum atomic E-state index is 14.3. The molecule has 1 fully saturated rings. The van der Waals surface area contributed by atoms with Crippen LogP contribution in [0.2, 0.25) is 6.82 Å². The van der Waals surface area contributed by atoms with Gasteiger partial charge in [-0.05, 0) is 38.7 Å². The molecule has 3 rings (SSSR count). The minimum atomic E-state index is -2.92. The third kappa shape index (κ3) is 7.85. The second-order valence-electron chi connectivity index (χ2n) is 8.02. The zero-order valence-corrected chi connectivity index (χ0v) is 20.3. The molecule has 2 aliphatic heterocycles. The van der Waals surface area contributed by atoms with Gasteiger partial charge in [-0.3, -0.25) is 4.79 Å². The van der Waals surface area contributed by atoms with Gasteiger partial charge in [0.1, 0.15) is 11.7 Å². The van der Waals surface area contributed by atoms with Gasteiger partial charge in [0.15, 0.2) is 0 Å². The normalized spacial score (nSPS) is 17.3. The average molecular weight is 499 g/mol. The second-order valence-corrected chi connectivity index (χ2v) is 8.29. The summed E-state index contributed by atoms with van der Waals surface area (Å²) in [6.07, 6.45) is -0.934. The Hall–Kier alpha value is -2.37. The Bertz CT molecular complexity index is 893. The number of alkyl halides is 3. The molecular formula is C22H31BClF3N6O. The predicted molar refractivity (Wildman–Crippen MR) is 133 cm³/mol. The van der Waals surface area contributed by atoms with Crippen LogP contribution in [-0.2, 0) is 4.79 Å². The maximum Gasteiger partial charge on any atom is 0.314 e. The number of benzene rings is 1. The van der Waals surface area contributed by atoms with Crippen LogP contribution < -0.4 is 16.1 Å². The minimum Gasteiger partial charge on any atom is -0.373 e. The van der Waals surface area contributed by atoms with E-state index >= 15 is 0 Å². The van der Waals surface area contributed by atoms with Crippen molar-refractivity contribution < 1.29 is 18.0 Å². The van der Waals surface area contributed by atoms with Gasteiger partial charge in [0.05, 0.1) is 24.7 Å². The van der Waals surface area contributed by atoms with Crippen molar-refractivity contribution in [2.75, 3.05) is 52.3 Å². The van der Waals surface area contributed by atoms with Crippen LogP contribution in [0.5, 0.6) is 0 Å². The van der Waals surface area contributed by atoms with E-state index in [1.165, 1.54) is 43.1 Å². The number of rotatable bonds is 7. The lowest BCUT2D eigenvalue weighted by atomic mass is 9.59. The molecule has 0 radical (unpaired) electrons. The summed E-state index contributed by atoms with van der Waals surface area (Å²) >= 11 is 5.70. The second kappa shape index (κ2) is 14.1. The predicted octanol–water partition coefficient (Wildman–Crippen LogP) is 2.11. The number of carbonyl (C=O) groups excluding carboxylic acids is 1. The lowest BCUT2D eigenvalue weighted by Crippen LogP contribution is -2.31. The van der Waals surface area contributed by atoms with Crippen molar-refractivity contribution >= 4 is 42.9 Å². The Morgan fingerprint density at radius 3 is 2.76 bits per heavy atom. The highest BCUT2D eigenvalue weighted by Gasteiger charge is 2.26. The molecule has 7 nitrogen and oxygen atoms in total. The fourth-order valence-corrected chi connectivity index (χ4v) is 3.85. The third-order valence-electron chi connectivity index (χ3n) is 5.56. The van der Waals surface area contributed by atoms with E-state index in [0.29, 0.717) is 24.2 Å². The van der Waals surface area contributed by atoms with Gasteiger partial charge in [-0.25, -0.2) is 18.2 Å². The molecule has 34 heavy (non-hydrogen) atoms. The van der Waals surface area contributed by atoms with Crippen molar-refractivity contribution in [1.29, 1.82) is 0 Å². The Morgan fingerprint density at radius 2 is 2.12 bits per heavy atom. The molecule has 0 aliphatic carbocycles. The number of halogens is 4. The molecule has 2 aliphatic rings. The molecule has 1 aromatic carbocycles. The van der Waals surface area contributed by atoms with E-state index in [1.807, 2.05) is 0 Å². The minimum absolute atomic E-state index is 0.0293. The van der Waals surface area contributed by atoms with Crippen molar-refractivity contribution in [2.24, 2.45) is 9.90 Å². The molecule has 0 atom stereocenters. The van der Waals surface area contributed by atoms with Crippen molar-refractivity contribution in [2.45, 2.75) is 19.7 Å². The number of nitrogens with one attached hydrogen (secondary N) is 2. The monoisotopic (exact) mass is 498 g/mol. The lowest BCUT2D eigenvalue weighted by molar-refractivity contribution is -0.117. The van der Waals surface area contributed by atoms with Crippen LogP contribution in [0.25, 0.3) is 0 Å². The molecule has 1 amide bonds. The topological polar surface area (TPSA) is 72.3 Å². The van der Waals surface area contributed by atoms with Crippen LogP contribution in [-0.4, -0.2) is 87.9 Å². The number of carbonyl (C=O) groups is 1. The van der Waals surface area contributed by atoms with Crippen LogP contribution in [0, 0.1) is 5.82 Å². The van der Waals surface area contributed by atoms with Crippen LogP contribution in [0.4, 0.5) is 13.2 Å². The standard InChI is InChI=1S/C16H17BClF3N4O.C6H14N2/c1-17(12-5-3-4-10(14(12)19)15(20)21)24-16(22-2)11-6-25(9-26)7-13(11)23-8-18;1-8-5-2-3-7-4-6-8/h3-5,9,15,23H,2,6-8H2,1H3;7H,2-6H2,1H3/b24-16-;. The summed E-state index contributed by atoms with van der Waals surface area (Å²) in [5.41, 5.74) is 0.619. The van der Waals surface area contributed by atoms with Gasteiger partial charge in [-0.15, -0.1) is 11.6 Å². The molecule has 0 unspecified atom stereocenters. The first-order valence-corrected chi connectivity index (χ1v) is 11.6. The van der Waals surface area contributed by atoms with E-state index in [1.54, 1.807) is 6.82 Å². The highest BCUT2D eigenvalue weighted by molar-refractivity contribution is 6.71. The summed E-state index contributed by atoms with van der Waals surface area (Å²) in [6, 6.07) is 3.91. The van der Waals surface area contributed by atoms with E-state index in [0.717, 1.165) is 12.6 Å². The number of aliphatic imine (C=N–C) groups is 1. The number of nitrogens with zero attached hydrogens (tertiary/aromatic N) is 4. The van der Waals surface area contributed by atoms with Gasteiger partial charge in [-0.1, -0.05) is 25.0 Å². The molecule has 2 N–H and O–H groups in total. The van der Waals surface area contributed by atoms with Crippen LogP contribution in [0.1, 0.15) is 18.4 Å². The molecule has 0 saturated carbocycles. The molecule has 0 bridgehead atoms. The molecule has 1 aromatic rings. The highest BCUT2D eigenvalue weighted by atomic mass is 35.5. The third-order valence-corrected chi connectivity index (χ3v) is 5.69. The first kappa shape index (κ1) is 27.9. The Balaban J connectivity index is 0.000000430. The van der Waals surface area contributed by atoms with Gasteiger partial charge in [-0.2, -0.15) is 0 Å². The van der Waals surface area contributed by atoms with E-state index in [-0.39, 0.29) is 23.8 Å². The van der Waals surface area contributed by atoms with E-state index in [4.69, 9.17) is 11.6 Å². The molecule has 186 valence electrons. The SMILES string of the molecule is C=N/C(=N\B(C)c1cccc(C(F)F)c1F)C1=C(NCCl)CN(C=O)C1.CN1CCCNCC1. The Labute approximate surface area is 204 Å². The van der Waals surface area contributed by atoms with Gasteiger partial charge in [0.2, 0.25) is 6.41 Å². The average Bonchev–Trinajstić information content (AvgIpc) is 3.07. The van der Waals surface area contributed by atoms with Gasteiger partial charge in [0, 0.05) is 24.4 Å². The smallest absolute Gasteiger partial charge is 0.314 e. The zero-order chi connectivity index (χ0) is 25.1. The van der Waals surface area contributed by atoms with Crippen molar-refractivity contribution in [3.05, 3.63) is 40.8 Å². The summed E-state index contributed by atoms with van der Waals surface area (Å²) in [6.45, 7) is 9.65. The van der Waals surface area contributed by atoms with Crippen LogP contribution >= 0.6 is 11.6 Å². The number of amidine groups is 1. The summed E-state index contributed by atoms with van der Waals surface area (Å²) in [5, 5.41) is 6.26. The van der Waals surface area contributed by atoms with Crippen molar-refractivity contribution in [1.82, 2.24) is 20.4 Å². The summed E-state index contributed by atoms with van der Waals surface area (Å²) in [4.78, 5) is 23.1. The zero-order valence-electron chi connectivity index (χ0n) is 19.5. The highest BCUT2D eigenvalue weighted by Crippen LogP contribution is 2.21. The Kier molecular flexibility index (Phi) is 11.6. The summed E-state index contributed by atoms with van der Waals surface area (Å²) < 4.78 is 40.1. The van der Waals surface area contributed by atoms with E-state index in [9.17, 15) is 18.0 Å². The summed E-state index contributed by atoms with van der Waals surface area (Å²) in [7, 11) is 2.17. The maximum absolute atomic E-state index is 14.3. The van der Waals surface area contributed by atoms with Crippen LogP contribution in [0.3, 0.4) is 0 Å². The molecule has 1 saturated heterocycles. The van der Waals surface area contributed by atoms with Gasteiger partial charge < -0.3 is 25.3 Å². The molecular weight excluding hydrogens is 468 g/mol. The number of hydrogen-bond acceptors (Lipinski definition) is 5. The molecule has 0 aromatic heterocycles. The molecule has 12 heteroatoms. The van der Waals surface area contributed by atoms with Gasteiger partial charge in [0.25, 0.3) is 6.43 Å². The summed E-state index contributed by atoms with van der Waals surface area (Å²) in [5.74, 6) is -0.785.